The maximum absolute atomic E-state index is 14.3. The van der Waals surface area contributed by atoms with Crippen LogP contribution in [0.3, 0.4) is 0 Å². The van der Waals surface area contributed by atoms with Gasteiger partial charge in [0.15, 0.2) is 17.0 Å². The van der Waals surface area contributed by atoms with Gasteiger partial charge in [0.1, 0.15) is 5.01 Å². The molecule has 2 aliphatic rings. The number of fused-ring (bicyclic) bond motifs is 2. The van der Waals surface area contributed by atoms with Crippen LogP contribution in [0.25, 0.3) is 10.2 Å². The molecule has 1 aliphatic heterocycles. The van der Waals surface area contributed by atoms with Crippen LogP contribution in [0.1, 0.15) is 42.7 Å². The highest BCUT2D eigenvalue weighted by Crippen LogP contribution is 2.49. The van der Waals surface area contributed by atoms with E-state index in [1.165, 1.54) is 30.1 Å². The average molecular weight is 661 g/mol. The molecule has 10 nitrogen and oxygen atoms in total. The number of thiazole rings is 1. The van der Waals surface area contributed by atoms with Crippen molar-refractivity contribution >= 4 is 50.8 Å². The van der Waals surface area contributed by atoms with E-state index in [1.54, 1.807) is 4.90 Å². The molecule has 238 valence electrons. The molecule has 0 spiro atoms. The van der Waals surface area contributed by atoms with Gasteiger partial charge in [0.05, 0.1) is 16.8 Å². The molecule has 45 heavy (non-hydrogen) atoms. The second kappa shape index (κ2) is 12.2. The smallest absolute Gasteiger partial charge is 0.329 e. The molecule has 6 rings (SSSR count). The Morgan fingerprint density at radius 2 is 1.76 bits per heavy atom. The summed E-state index contributed by atoms with van der Waals surface area (Å²) in [6, 6.07) is 16.5. The van der Waals surface area contributed by atoms with E-state index >= 15 is 0 Å². The summed E-state index contributed by atoms with van der Waals surface area (Å²) in [5, 5.41) is 1.29. The Bertz CT molecular complexity index is 1800. The number of carbonyl (C=O) groups is 1. The van der Waals surface area contributed by atoms with Crippen LogP contribution >= 0.6 is 23.1 Å². The number of nitrogens with two attached hydrogens (primary N) is 1. The third-order valence-electron chi connectivity index (χ3n) is 8.19. The maximum Gasteiger partial charge on any atom is 0.493 e. The van der Waals surface area contributed by atoms with Crippen molar-refractivity contribution in [3.8, 4) is 0 Å². The van der Waals surface area contributed by atoms with Gasteiger partial charge in [-0.1, -0.05) is 61.7 Å². The van der Waals surface area contributed by atoms with Crippen LogP contribution in [0.2, 0.25) is 0 Å². The van der Waals surface area contributed by atoms with Gasteiger partial charge in [-0.05, 0) is 30.5 Å². The lowest BCUT2D eigenvalue weighted by Crippen LogP contribution is -2.49. The van der Waals surface area contributed by atoms with Crippen LogP contribution in [-0.2, 0) is 29.8 Å². The lowest BCUT2D eigenvalue weighted by molar-refractivity contribution is -0.201. The van der Waals surface area contributed by atoms with Gasteiger partial charge in [-0.25, -0.2) is 14.6 Å². The summed E-state index contributed by atoms with van der Waals surface area (Å²) in [4.78, 5) is 51.6. The van der Waals surface area contributed by atoms with E-state index in [0.29, 0.717) is 17.8 Å². The summed E-state index contributed by atoms with van der Waals surface area (Å²) in [6.45, 7) is 0.163. The number of rotatable bonds is 8. The van der Waals surface area contributed by atoms with Crippen molar-refractivity contribution in [1.82, 2.24) is 14.1 Å². The van der Waals surface area contributed by atoms with Gasteiger partial charge < -0.3 is 15.5 Å². The van der Waals surface area contributed by atoms with Crippen molar-refractivity contribution in [2.24, 2.45) is 12.8 Å². The molecule has 3 heterocycles. The number of anilines is 2. The van der Waals surface area contributed by atoms with Gasteiger partial charge in [0.25, 0.3) is 5.56 Å². The minimum Gasteiger partial charge on any atom is -0.329 e. The number of para-hydroxylation sites is 1. The number of thioether (sulfide) groups is 1. The Labute approximate surface area is 264 Å². The molecular weight excluding hydrogens is 629 g/mol. The summed E-state index contributed by atoms with van der Waals surface area (Å²) >= 11 is 2.60. The number of benzene rings is 2. The number of hydrogen-bond acceptors (Lipinski definition) is 10. The quantitative estimate of drug-likeness (QED) is 0.287. The number of halogens is 3. The highest BCUT2D eigenvalue weighted by Gasteiger charge is 2.51. The van der Waals surface area contributed by atoms with Crippen LogP contribution in [0.4, 0.5) is 24.7 Å². The third-order valence-corrected chi connectivity index (χ3v) is 10.9. The monoisotopic (exact) mass is 660 g/mol. The standard InChI is InChI=1S/C30H31F3N6O4S2/c1-36-24-23(25(40)38(27(36)42)17-22-35-20-12-6-7-13-21(20)44-22)37(16-19-10-4-2-5-11-19)28(39(24)43-26(41)30(31,32)33)45-29(18-34)14-8-3-9-15-29/h2,4-7,10-13,28H,3,8-9,14-18,34H2,1H3. The first kappa shape index (κ1) is 31.2. The first-order chi connectivity index (χ1) is 21.5. The van der Waals surface area contributed by atoms with Crippen molar-refractivity contribution in [2.45, 2.75) is 61.6 Å². The SMILES string of the molecule is Cn1c2c(c(=O)n(Cc3nc4ccccc4s3)c1=O)N(Cc1ccccc1)C(SC1(CN)CCCCC1)N2OC(=O)C(F)(F)F. The van der Waals surface area contributed by atoms with Crippen LogP contribution < -0.4 is 26.9 Å². The molecular formula is C30H31F3N6O4S2. The Morgan fingerprint density at radius 1 is 1.07 bits per heavy atom. The highest BCUT2D eigenvalue weighted by molar-refractivity contribution is 8.01. The van der Waals surface area contributed by atoms with Gasteiger partial charge in [0, 0.05) is 24.9 Å². The Hall–Kier alpha value is -3.82. The van der Waals surface area contributed by atoms with Crippen molar-refractivity contribution in [3.05, 3.63) is 86.0 Å². The van der Waals surface area contributed by atoms with Crippen LogP contribution in [0, 0.1) is 0 Å². The van der Waals surface area contributed by atoms with Crippen molar-refractivity contribution in [3.63, 3.8) is 0 Å². The van der Waals surface area contributed by atoms with Gasteiger partial charge >= 0.3 is 17.8 Å². The Balaban J connectivity index is 1.52. The van der Waals surface area contributed by atoms with E-state index in [2.05, 4.69) is 4.98 Å². The van der Waals surface area contributed by atoms with E-state index in [9.17, 15) is 27.6 Å². The number of carbonyl (C=O) groups excluding carboxylic acids is 1. The summed E-state index contributed by atoms with van der Waals surface area (Å²) in [5.74, 6) is -2.70. The molecule has 2 aromatic carbocycles. The first-order valence-corrected chi connectivity index (χ1v) is 16.2. The minimum atomic E-state index is -5.32. The number of alkyl halides is 3. The summed E-state index contributed by atoms with van der Waals surface area (Å²) in [6.07, 6.45) is -1.18. The van der Waals surface area contributed by atoms with E-state index in [-0.39, 0.29) is 31.1 Å². The maximum atomic E-state index is 14.3. The molecule has 2 aromatic heterocycles. The van der Waals surface area contributed by atoms with E-state index in [4.69, 9.17) is 10.6 Å². The van der Waals surface area contributed by atoms with E-state index in [1.807, 2.05) is 54.6 Å². The van der Waals surface area contributed by atoms with Crippen molar-refractivity contribution in [2.75, 3.05) is 16.5 Å². The summed E-state index contributed by atoms with van der Waals surface area (Å²) in [7, 11) is 1.34. The number of nitrogens with zero attached hydrogens (tertiary/aromatic N) is 5. The van der Waals surface area contributed by atoms with Crippen molar-refractivity contribution in [1.29, 1.82) is 0 Å². The number of hydroxylamine groups is 1. The topological polar surface area (TPSA) is 116 Å². The first-order valence-electron chi connectivity index (χ1n) is 14.5. The molecule has 0 saturated heterocycles. The molecule has 4 aromatic rings. The fourth-order valence-corrected chi connectivity index (χ4v) is 8.49. The minimum absolute atomic E-state index is 0.0579. The lowest BCUT2D eigenvalue weighted by Gasteiger charge is -2.41. The second-order valence-corrected chi connectivity index (χ2v) is 13.8. The van der Waals surface area contributed by atoms with Gasteiger partial charge in [-0.3, -0.25) is 13.9 Å². The zero-order valence-electron chi connectivity index (χ0n) is 24.3. The molecule has 0 radical (unpaired) electrons. The highest BCUT2D eigenvalue weighted by atomic mass is 32.2. The second-order valence-electron chi connectivity index (χ2n) is 11.2. The van der Waals surface area contributed by atoms with E-state index in [0.717, 1.165) is 49.2 Å². The number of hydrogen-bond donors (Lipinski definition) is 1. The summed E-state index contributed by atoms with van der Waals surface area (Å²) in [5.41, 5.74) is 5.07. The predicted octanol–water partition coefficient (Wildman–Crippen LogP) is 4.73. The van der Waals surface area contributed by atoms with Crippen LogP contribution in [0.5, 0.6) is 0 Å². The van der Waals surface area contributed by atoms with Crippen molar-refractivity contribution < 1.29 is 22.8 Å². The Morgan fingerprint density at radius 3 is 2.42 bits per heavy atom. The van der Waals surface area contributed by atoms with Crippen LogP contribution in [-0.4, -0.2) is 43.1 Å². The predicted molar refractivity (Wildman–Crippen MR) is 168 cm³/mol. The zero-order chi connectivity index (χ0) is 31.9. The van der Waals surface area contributed by atoms with Gasteiger partial charge in [0.2, 0.25) is 0 Å². The van der Waals surface area contributed by atoms with E-state index < -0.39 is 33.6 Å². The van der Waals surface area contributed by atoms with Gasteiger partial charge in [-0.2, -0.15) is 18.2 Å². The fourth-order valence-electron chi connectivity index (χ4n) is 5.92. The Kier molecular flexibility index (Phi) is 8.43. The molecule has 0 amide bonds. The molecule has 0 bridgehead atoms. The lowest BCUT2D eigenvalue weighted by atomic mass is 9.88. The van der Waals surface area contributed by atoms with Crippen LogP contribution in [0.15, 0.2) is 64.2 Å². The fraction of sp³-hybridized carbons (Fsp3) is 0.400. The molecule has 1 atom stereocenters. The molecule has 1 unspecified atom stereocenters. The third kappa shape index (κ3) is 5.95. The average Bonchev–Trinajstić information content (AvgIpc) is 3.57. The molecule has 1 fully saturated rings. The normalized spacial score (nSPS) is 17.9. The van der Waals surface area contributed by atoms with Gasteiger partial charge in [-0.15, -0.1) is 23.1 Å². The molecule has 1 aliphatic carbocycles. The largest absolute Gasteiger partial charge is 0.493 e. The molecule has 15 heteroatoms. The molecule has 1 saturated carbocycles. The summed E-state index contributed by atoms with van der Waals surface area (Å²) < 4.78 is 43.3. The number of aromatic nitrogens is 3. The zero-order valence-corrected chi connectivity index (χ0v) is 26.0. The molecule has 2 N–H and O–H groups in total.